The van der Waals surface area contributed by atoms with Crippen molar-refractivity contribution in [2.24, 2.45) is 5.92 Å². The van der Waals surface area contributed by atoms with Crippen molar-refractivity contribution >= 4 is 0 Å². The summed E-state index contributed by atoms with van der Waals surface area (Å²) in [6.07, 6.45) is 6.07. The molecule has 2 heterocycles. The van der Waals surface area contributed by atoms with E-state index < -0.39 is 0 Å². The average Bonchev–Trinajstić information content (AvgIpc) is 2.93. The molecule has 1 aliphatic rings. The van der Waals surface area contributed by atoms with Gasteiger partial charge in [0.25, 0.3) is 0 Å². The third kappa shape index (κ3) is 4.08. The minimum atomic E-state index is 0.653. The maximum absolute atomic E-state index is 5.76. The molecule has 112 valence electrons. The molecule has 1 fully saturated rings. The molecule has 1 saturated heterocycles. The number of nitrogens with zero attached hydrogens (tertiary/aromatic N) is 3. The minimum absolute atomic E-state index is 0.653. The molecule has 0 saturated carbocycles. The highest BCUT2D eigenvalue weighted by Crippen LogP contribution is 2.18. The Bertz CT molecular complexity index is 544. The van der Waals surface area contributed by atoms with Crippen LogP contribution in [0.25, 0.3) is 0 Å². The molecule has 0 aliphatic carbocycles. The topological polar surface area (TPSA) is 30.3 Å². The summed E-state index contributed by atoms with van der Waals surface area (Å²) in [5.74, 6) is 0.653. The zero-order chi connectivity index (χ0) is 14.5. The third-order valence-electron chi connectivity index (χ3n) is 4.10. The number of likely N-dealkylation sites (tertiary alicyclic amines) is 1. The molecule has 0 bridgehead atoms. The van der Waals surface area contributed by atoms with Gasteiger partial charge >= 0.3 is 0 Å². The first kappa shape index (κ1) is 14.1. The Labute approximate surface area is 126 Å². The molecule has 0 atom stereocenters. The largest absolute Gasteiger partial charge is 0.413 e. The Balaban J connectivity index is 1.40. The molecule has 0 radical (unpaired) electrons. The molecule has 1 aromatic carbocycles. The first-order valence-electron chi connectivity index (χ1n) is 7.70. The van der Waals surface area contributed by atoms with Crippen LogP contribution in [0.2, 0.25) is 0 Å². The monoisotopic (exact) mass is 285 g/mol. The van der Waals surface area contributed by atoms with Crippen LogP contribution >= 0.6 is 0 Å². The number of piperidine rings is 1. The van der Waals surface area contributed by atoms with Crippen LogP contribution in [0.5, 0.6) is 0 Å². The fourth-order valence-corrected chi connectivity index (χ4v) is 2.81. The standard InChI is InChI=1S/C17H23N3O/c1-15-11-20(14-18-15)21-13-17-7-9-19(10-8-17)12-16-5-3-2-4-6-16/h2-6,11,14,17H,7-10,12-13H2,1H3. The summed E-state index contributed by atoms with van der Waals surface area (Å²) < 4.78 is 1.73. The second-order valence-electron chi connectivity index (χ2n) is 5.88. The number of aryl methyl sites for hydroxylation is 1. The molecule has 4 heteroatoms. The summed E-state index contributed by atoms with van der Waals surface area (Å²) in [5.41, 5.74) is 2.40. The second kappa shape index (κ2) is 6.76. The first-order chi connectivity index (χ1) is 10.3. The number of hydrogen-bond donors (Lipinski definition) is 0. The summed E-state index contributed by atoms with van der Waals surface area (Å²) in [6.45, 7) is 6.14. The Morgan fingerprint density at radius 2 is 1.95 bits per heavy atom. The highest BCUT2D eigenvalue weighted by Gasteiger charge is 2.19. The van der Waals surface area contributed by atoms with Crippen molar-refractivity contribution in [3.63, 3.8) is 0 Å². The van der Waals surface area contributed by atoms with Crippen molar-refractivity contribution in [1.82, 2.24) is 14.6 Å². The van der Waals surface area contributed by atoms with Crippen LogP contribution < -0.4 is 4.84 Å². The molecular weight excluding hydrogens is 262 g/mol. The lowest BCUT2D eigenvalue weighted by molar-refractivity contribution is 0.0522. The van der Waals surface area contributed by atoms with E-state index in [4.69, 9.17) is 4.84 Å². The van der Waals surface area contributed by atoms with Crippen molar-refractivity contribution in [3.8, 4) is 0 Å². The smallest absolute Gasteiger partial charge is 0.132 e. The summed E-state index contributed by atoms with van der Waals surface area (Å²) in [4.78, 5) is 12.5. The van der Waals surface area contributed by atoms with E-state index in [0.29, 0.717) is 5.92 Å². The van der Waals surface area contributed by atoms with Crippen LogP contribution in [0.1, 0.15) is 24.1 Å². The van der Waals surface area contributed by atoms with Gasteiger partial charge in [0.2, 0.25) is 0 Å². The summed E-state index contributed by atoms with van der Waals surface area (Å²) in [5, 5.41) is 0. The summed E-state index contributed by atoms with van der Waals surface area (Å²) >= 11 is 0. The zero-order valence-electron chi connectivity index (χ0n) is 12.6. The van der Waals surface area contributed by atoms with E-state index in [2.05, 4.69) is 40.2 Å². The number of imidazole rings is 1. The van der Waals surface area contributed by atoms with Gasteiger partial charge in [-0.05, 0) is 44.3 Å². The second-order valence-corrected chi connectivity index (χ2v) is 5.88. The van der Waals surface area contributed by atoms with Crippen LogP contribution in [-0.4, -0.2) is 34.3 Å². The van der Waals surface area contributed by atoms with Crippen LogP contribution in [-0.2, 0) is 6.54 Å². The van der Waals surface area contributed by atoms with E-state index in [1.165, 1.54) is 18.4 Å². The van der Waals surface area contributed by atoms with Crippen LogP contribution in [0, 0.1) is 12.8 Å². The maximum Gasteiger partial charge on any atom is 0.132 e. The quantitative estimate of drug-likeness (QED) is 0.845. The molecule has 21 heavy (non-hydrogen) atoms. The molecule has 0 unspecified atom stereocenters. The minimum Gasteiger partial charge on any atom is -0.413 e. The van der Waals surface area contributed by atoms with Crippen molar-refractivity contribution in [1.29, 1.82) is 0 Å². The van der Waals surface area contributed by atoms with Gasteiger partial charge in [0.05, 0.1) is 11.9 Å². The Hall–Kier alpha value is -1.81. The third-order valence-corrected chi connectivity index (χ3v) is 4.10. The van der Waals surface area contributed by atoms with Crippen LogP contribution in [0.4, 0.5) is 0 Å². The Kier molecular flexibility index (Phi) is 4.55. The normalized spacial score (nSPS) is 17.0. The SMILES string of the molecule is Cc1cn(OCC2CCN(Cc3ccccc3)CC2)cn1. The summed E-state index contributed by atoms with van der Waals surface area (Å²) in [6, 6.07) is 10.7. The van der Waals surface area contributed by atoms with Crippen molar-refractivity contribution < 1.29 is 4.84 Å². The lowest BCUT2D eigenvalue weighted by atomic mass is 9.97. The number of benzene rings is 1. The molecule has 1 aliphatic heterocycles. The Morgan fingerprint density at radius 1 is 1.19 bits per heavy atom. The van der Waals surface area contributed by atoms with Gasteiger partial charge in [-0.15, -0.1) is 0 Å². The molecule has 4 nitrogen and oxygen atoms in total. The fourth-order valence-electron chi connectivity index (χ4n) is 2.81. The predicted molar refractivity (Wildman–Crippen MR) is 82.9 cm³/mol. The lowest BCUT2D eigenvalue weighted by Crippen LogP contribution is -2.35. The zero-order valence-corrected chi connectivity index (χ0v) is 12.6. The molecule has 0 amide bonds. The van der Waals surface area contributed by atoms with Gasteiger partial charge in [-0.3, -0.25) is 4.90 Å². The predicted octanol–water partition coefficient (Wildman–Crippen LogP) is 2.53. The van der Waals surface area contributed by atoms with Gasteiger partial charge in [-0.2, -0.15) is 4.73 Å². The van der Waals surface area contributed by atoms with Gasteiger partial charge < -0.3 is 4.84 Å². The fraction of sp³-hybridized carbons (Fsp3) is 0.471. The van der Waals surface area contributed by atoms with Gasteiger partial charge in [0, 0.05) is 6.54 Å². The number of rotatable bonds is 5. The maximum atomic E-state index is 5.76. The van der Waals surface area contributed by atoms with E-state index in [1.807, 2.05) is 13.1 Å². The first-order valence-corrected chi connectivity index (χ1v) is 7.70. The van der Waals surface area contributed by atoms with Crippen LogP contribution in [0.3, 0.4) is 0 Å². The highest BCUT2D eigenvalue weighted by molar-refractivity contribution is 5.14. The number of hydrogen-bond acceptors (Lipinski definition) is 3. The highest BCUT2D eigenvalue weighted by atomic mass is 16.7. The lowest BCUT2D eigenvalue weighted by Gasteiger charge is -2.31. The molecule has 0 N–H and O–H groups in total. The van der Waals surface area contributed by atoms with Gasteiger partial charge in [-0.1, -0.05) is 30.3 Å². The number of aromatic nitrogens is 2. The van der Waals surface area contributed by atoms with Crippen molar-refractivity contribution in [2.75, 3.05) is 19.7 Å². The van der Waals surface area contributed by atoms with Crippen molar-refractivity contribution in [3.05, 3.63) is 54.1 Å². The van der Waals surface area contributed by atoms with E-state index in [-0.39, 0.29) is 0 Å². The van der Waals surface area contributed by atoms with E-state index in [0.717, 1.165) is 31.9 Å². The van der Waals surface area contributed by atoms with Gasteiger partial charge in [0.1, 0.15) is 12.9 Å². The van der Waals surface area contributed by atoms with Crippen molar-refractivity contribution in [2.45, 2.75) is 26.3 Å². The van der Waals surface area contributed by atoms with Gasteiger partial charge in [0.15, 0.2) is 0 Å². The van der Waals surface area contributed by atoms with Crippen LogP contribution in [0.15, 0.2) is 42.9 Å². The molecule has 1 aromatic heterocycles. The van der Waals surface area contributed by atoms with E-state index in [1.54, 1.807) is 11.1 Å². The molecular formula is C17H23N3O. The average molecular weight is 285 g/mol. The molecule has 0 spiro atoms. The molecule has 2 aromatic rings. The molecule has 3 rings (SSSR count). The summed E-state index contributed by atoms with van der Waals surface area (Å²) in [7, 11) is 0. The van der Waals surface area contributed by atoms with E-state index >= 15 is 0 Å². The Morgan fingerprint density at radius 3 is 2.62 bits per heavy atom. The van der Waals surface area contributed by atoms with Gasteiger partial charge in [-0.25, -0.2) is 4.98 Å². The van der Waals surface area contributed by atoms with E-state index in [9.17, 15) is 0 Å².